The van der Waals surface area contributed by atoms with Gasteiger partial charge in [-0.25, -0.2) is 4.79 Å². The van der Waals surface area contributed by atoms with Gasteiger partial charge in [0.05, 0.1) is 0 Å². The molecular weight excluding hydrogens is 336 g/mol. The second kappa shape index (κ2) is 8.09. The average Bonchev–Trinajstić information content (AvgIpc) is 2.69. The topological polar surface area (TPSA) is 48.5 Å². The summed E-state index contributed by atoms with van der Waals surface area (Å²) >= 11 is 0. The monoisotopic (exact) mass is 364 g/mol. The lowest BCUT2D eigenvalue weighted by atomic mass is 9.95. The highest BCUT2D eigenvalue weighted by Crippen LogP contribution is 2.26. The first-order valence-electron chi connectivity index (χ1n) is 10.0. The number of nitrogens with zero attached hydrogens (tertiary/aromatic N) is 3. The number of aromatic nitrogens is 1. The molecule has 2 aliphatic rings. The van der Waals surface area contributed by atoms with Gasteiger partial charge in [0.1, 0.15) is 0 Å². The van der Waals surface area contributed by atoms with Gasteiger partial charge in [-0.15, -0.1) is 0 Å². The van der Waals surface area contributed by atoms with E-state index in [0.717, 1.165) is 50.4 Å². The van der Waals surface area contributed by atoms with Crippen molar-refractivity contribution in [2.24, 2.45) is 0 Å². The van der Waals surface area contributed by atoms with Gasteiger partial charge < -0.3 is 10.2 Å². The van der Waals surface area contributed by atoms with Gasteiger partial charge >= 0.3 is 6.03 Å². The molecule has 1 N–H and O–H groups in total. The van der Waals surface area contributed by atoms with Gasteiger partial charge in [-0.05, 0) is 49.8 Å². The number of nitrogens with one attached hydrogen (secondary N) is 1. The Kier molecular flexibility index (Phi) is 5.39. The first-order valence-corrected chi connectivity index (χ1v) is 10.0. The highest BCUT2D eigenvalue weighted by molar-refractivity contribution is 5.90. The standard InChI is InChI=1S/C22H28N4O/c1-17-15-25(16-18-7-3-2-4-8-18)13-14-26(17)22(27)24-21-11-12-23-20-10-6-5-9-19(20)21/h2-4,7-8,11-12,17H,5-6,9-10,13-16H2,1H3,(H,23,24,27). The number of piperazine rings is 1. The molecule has 2 aromatic rings. The minimum absolute atomic E-state index is 0.0147. The smallest absolute Gasteiger partial charge is 0.319 e. The molecule has 1 aliphatic carbocycles. The molecule has 5 heteroatoms. The van der Waals surface area contributed by atoms with Crippen LogP contribution in [0.2, 0.25) is 0 Å². The number of carbonyl (C=O) groups excluding carboxylic acids is 1. The molecule has 1 aromatic carbocycles. The summed E-state index contributed by atoms with van der Waals surface area (Å²) in [5, 5.41) is 3.16. The zero-order chi connectivity index (χ0) is 18.6. The van der Waals surface area contributed by atoms with E-state index < -0.39 is 0 Å². The first-order chi connectivity index (χ1) is 13.2. The maximum absolute atomic E-state index is 12.9. The molecule has 1 aromatic heterocycles. The van der Waals surface area contributed by atoms with Crippen LogP contribution in [0.15, 0.2) is 42.6 Å². The van der Waals surface area contributed by atoms with E-state index in [4.69, 9.17) is 0 Å². The largest absolute Gasteiger partial charge is 0.322 e. The van der Waals surface area contributed by atoms with Gasteiger partial charge in [0.15, 0.2) is 0 Å². The van der Waals surface area contributed by atoms with Gasteiger partial charge in [0, 0.05) is 49.8 Å². The molecule has 0 saturated carbocycles. The number of hydrogen-bond acceptors (Lipinski definition) is 3. The highest BCUT2D eigenvalue weighted by Gasteiger charge is 2.28. The molecule has 1 unspecified atom stereocenters. The summed E-state index contributed by atoms with van der Waals surface area (Å²) in [4.78, 5) is 21.8. The molecule has 0 bridgehead atoms. The van der Waals surface area contributed by atoms with E-state index in [1.807, 2.05) is 23.2 Å². The Morgan fingerprint density at radius 2 is 1.96 bits per heavy atom. The van der Waals surface area contributed by atoms with Crippen LogP contribution in [-0.2, 0) is 19.4 Å². The average molecular weight is 364 g/mol. The molecule has 2 heterocycles. The Bertz CT molecular complexity index is 792. The van der Waals surface area contributed by atoms with Gasteiger partial charge in [0.25, 0.3) is 0 Å². The molecule has 1 atom stereocenters. The third kappa shape index (κ3) is 4.14. The van der Waals surface area contributed by atoms with Crippen molar-refractivity contribution < 1.29 is 4.79 Å². The molecule has 0 spiro atoms. The van der Waals surface area contributed by atoms with Crippen LogP contribution >= 0.6 is 0 Å². The number of hydrogen-bond donors (Lipinski definition) is 1. The molecule has 1 aliphatic heterocycles. The zero-order valence-electron chi connectivity index (χ0n) is 16.0. The van der Waals surface area contributed by atoms with E-state index in [1.165, 1.54) is 24.0 Å². The first kappa shape index (κ1) is 18.0. The molecule has 27 heavy (non-hydrogen) atoms. The summed E-state index contributed by atoms with van der Waals surface area (Å²) in [6, 6.07) is 12.7. The number of amides is 2. The number of fused-ring (bicyclic) bond motifs is 1. The normalized spacial score (nSPS) is 20.2. The third-order valence-electron chi connectivity index (χ3n) is 5.70. The van der Waals surface area contributed by atoms with Crippen LogP contribution in [0, 0.1) is 0 Å². The van der Waals surface area contributed by atoms with Crippen molar-refractivity contribution in [3.63, 3.8) is 0 Å². The van der Waals surface area contributed by atoms with Crippen molar-refractivity contribution in [3.05, 3.63) is 59.4 Å². The third-order valence-corrected chi connectivity index (χ3v) is 5.70. The Labute approximate surface area is 161 Å². The Morgan fingerprint density at radius 1 is 1.15 bits per heavy atom. The number of anilines is 1. The fourth-order valence-corrected chi connectivity index (χ4v) is 4.25. The van der Waals surface area contributed by atoms with Crippen molar-refractivity contribution >= 4 is 11.7 Å². The van der Waals surface area contributed by atoms with Crippen LogP contribution < -0.4 is 5.32 Å². The summed E-state index contributed by atoms with van der Waals surface area (Å²) < 4.78 is 0. The molecule has 142 valence electrons. The van der Waals surface area contributed by atoms with Crippen LogP contribution in [0.3, 0.4) is 0 Å². The Morgan fingerprint density at radius 3 is 2.78 bits per heavy atom. The lowest BCUT2D eigenvalue weighted by Crippen LogP contribution is -2.54. The van der Waals surface area contributed by atoms with Crippen molar-refractivity contribution in [2.45, 2.75) is 45.2 Å². The van der Waals surface area contributed by atoms with E-state index in [2.05, 4.69) is 46.4 Å². The van der Waals surface area contributed by atoms with Crippen LogP contribution in [0.1, 0.15) is 36.6 Å². The lowest BCUT2D eigenvalue weighted by Gasteiger charge is -2.40. The molecule has 0 radical (unpaired) electrons. The quantitative estimate of drug-likeness (QED) is 0.903. The fourth-order valence-electron chi connectivity index (χ4n) is 4.25. The number of pyridine rings is 1. The lowest BCUT2D eigenvalue weighted by molar-refractivity contribution is 0.104. The molecule has 4 rings (SSSR count). The summed E-state index contributed by atoms with van der Waals surface area (Å²) in [5.41, 5.74) is 4.65. The number of aryl methyl sites for hydroxylation is 1. The number of benzene rings is 1. The molecule has 5 nitrogen and oxygen atoms in total. The molecule has 2 amide bonds. The van der Waals surface area contributed by atoms with Crippen LogP contribution in [0.5, 0.6) is 0 Å². The van der Waals surface area contributed by atoms with Crippen molar-refractivity contribution in [1.29, 1.82) is 0 Å². The summed E-state index contributed by atoms with van der Waals surface area (Å²) in [5.74, 6) is 0. The van der Waals surface area contributed by atoms with E-state index in [1.54, 1.807) is 0 Å². The minimum atomic E-state index is 0.0147. The van der Waals surface area contributed by atoms with Gasteiger partial charge in [-0.1, -0.05) is 30.3 Å². The van der Waals surface area contributed by atoms with Crippen molar-refractivity contribution in [3.8, 4) is 0 Å². The van der Waals surface area contributed by atoms with E-state index in [-0.39, 0.29) is 12.1 Å². The second-order valence-electron chi connectivity index (χ2n) is 7.68. The minimum Gasteiger partial charge on any atom is -0.319 e. The van der Waals surface area contributed by atoms with E-state index >= 15 is 0 Å². The number of urea groups is 1. The van der Waals surface area contributed by atoms with Crippen LogP contribution in [0.4, 0.5) is 10.5 Å². The van der Waals surface area contributed by atoms with Crippen LogP contribution in [-0.4, -0.2) is 46.5 Å². The van der Waals surface area contributed by atoms with Gasteiger partial charge in [-0.3, -0.25) is 9.88 Å². The van der Waals surface area contributed by atoms with Gasteiger partial charge in [-0.2, -0.15) is 0 Å². The van der Waals surface area contributed by atoms with E-state index in [0.29, 0.717) is 0 Å². The number of rotatable bonds is 3. The van der Waals surface area contributed by atoms with Crippen molar-refractivity contribution in [2.75, 3.05) is 25.0 Å². The Hall–Kier alpha value is -2.40. The van der Waals surface area contributed by atoms with Gasteiger partial charge in [0.2, 0.25) is 0 Å². The second-order valence-corrected chi connectivity index (χ2v) is 7.68. The predicted molar refractivity (Wildman–Crippen MR) is 108 cm³/mol. The fraction of sp³-hybridized carbons (Fsp3) is 0.455. The highest BCUT2D eigenvalue weighted by atomic mass is 16.2. The predicted octanol–water partition coefficient (Wildman–Crippen LogP) is 3.70. The molecular formula is C22H28N4O. The zero-order valence-corrected chi connectivity index (χ0v) is 16.0. The van der Waals surface area contributed by atoms with E-state index in [9.17, 15) is 4.79 Å². The molecule has 1 fully saturated rings. The molecule has 1 saturated heterocycles. The Balaban J connectivity index is 1.38. The van der Waals surface area contributed by atoms with Crippen molar-refractivity contribution in [1.82, 2.24) is 14.8 Å². The maximum atomic E-state index is 12.9. The van der Waals surface area contributed by atoms with Crippen LogP contribution in [0.25, 0.3) is 0 Å². The SMILES string of the molecule is CC1CN(Cc2ccccc2)CCN1C(=O)Nc1ccnc2c1CCCC2. The summed E-state index contributed by atoms with van der Waals surface area (Å²) in [6.07, 6.45) is 6.22. The maximum Gasteiger partial charge on any atom is 0.322 e. The summed E-state index contributed by atoms with van der Waals surface area (Å²) in [6.45, 7) is 5.64. The number of carbonyl (C=O) groups is 1. The summed E-state index contributed by atoms with van der Waals surface area (Å²) in [7, 11) is 0.